The Bertz CT molecular complexity index is 858. The van der Waals surface area contributed by atoms with E-state index in [1.807, 2.05) is 56.3 Å². The number of aromatic nitrogens is 1. The molecule has 1 amide bonds. The minimum Gasteiger partial charge on any atom is -0.440 e. The molecule has 0 radical (unpaired) electrons. The van der Waals surface area contributed by atoms with E-state index in [-0.39, 0.29) is 11.8 Å². The fraction of sp³-hybridized carbons (Fsp3) is 0.300. The highest BCUT2D eigenvalue weighted by atomic mass is 16.3. The summed E-state index contributed by atoms with van der Waals surface area (Å²) >= 11 is 0. The van der Waals surface area contributed by atoms with E-state index in [4.69, 9.17) is 10.2 Å². The quantitative estimate of drug-likeness (QED) is 0.718. The van der Waals surface area contributed by atoms with E-state index in [0.717, 1.165) is 17.5 Å². The third-order valence-corrected chi connectivity index (χ3v) is 4.46. The van der Waals surface area contributed by atoms with Gasteiger partial charge < -0.3 is 15.5 Å². The number of nitrogens with two attached hydrogens (primary N) is 1. The first-order valence-corrected chi connectivity index (χ1v) is 8.56. The van der Waals surface area contributed by atoms with Crippen molar-refractivity contribution in [2.75, 3.05) is 5.32 Å². The molecule has 0 aliphatic heterocycles. The molecule has 25 heavy (non-hydrogen) atoms. The predicted molar refractivity (Wildman–Crippen MR) is 99.3 cm³/mol. The molecule has 5 heteroatoms. The zero-order valence-corrected chi connectivity index (χ0v) is 14.5. The Labute approximate surface area is 147 Å². The number of hydrogen-bond acceptors (Lipinski definition) is 4. The van der Waals surface area contributed by atoms with Gasteiger partial charge in [0.15, 0.2) is 11.5 Å². The van der Waals surface area contributed by atoms with Gasteiger partial charge in [-0.2, -0.15) is 0 Å². The predicted octanol–water partition coefficient (Wildman–Crippen LogP) is 3.73. The monoisotopic (exact) mass is 337 g/mol. The van der Waals surface area contributed by atoms with Crippen LogP contribution in [-0.4, -0.2) is 16.9 Å². The molecule has 2 unspecified atom stereocenters. The van der Waals surface area contributed by atoms with Crippen LogP contribution in [0.4, 0.5) is 5.69 Å². The van der Waals surface area contributed by atoms with E-state index in [0.29, 0.717) is 23.6 Å². The summed E-state index contributed by atoms with van der Waals surface area (Å²) in [7, 11) is 0. The van der Waals surface area contributed by atoms with Crippen LogP contribution in [0.2, 0.25) is 0 Å². The number of nitrogens with zero attached hydrogens (tertiary/aromatic N) is 1. The molecule has 1 aromatic heterocycles. The number of fused-ring (bicyclic) bond motifs is 1. The summed E-state index contributed by atoms with van der Waals surface area (Å²) in [6, 6.07) is 15.0. The molecule has 2 atom stereocenters. The summed E-state index contributed by atoms with van der Waals surface area (Å²) in [6.45, 7) is 3.99. The molecule has 0 fully saturated rings. The number of nitrogens with one attached hydrogen (secondary N) is 1. The van der Waals surface area contributed by atoms with Crippen LogP contribution in [-0.2, 0) is 11.2 Å². The summed E-state index contributed by atoms with van der Waals surface area (Å²) in [6.07, 6.45) is 1.49. The van der Waals surface area contributed by atoms with E-state index < -0.39 is 6.04 Å². The minimum absolute atomic E-state index is 0.131. The van der Waals surface area contributed by atoms with Crippen LogP contribution < -0.4 is 11.1 Å². The van der Waals surface area contributed by atoms with Gasteiger partial charge in [0, 0.05) is 18.2 Å². The number of carbonyl (C=O) groups excluding carboxylic acids is 1. The van der Waals surface area contributed by atoms with Gasteiger partial charge in [-0.05, 0) is 23.6 Å². The van der Waals surface area contributed by atoms with Crippen molar-refractivity contribution < 1.29 is 9.21 Å². The van der Waals surface area contributed by atoms with Gasteiger partial charge in [0.05, 0.1) is 6.04 Å². The van der Waals surface area contributed by atoms with E-state index in [1.54, 1.807) is 6.07 Å². The molecule has 0 aliphatic rings. The first-order chi connectivity index (χ1) is 12.1. The molecule has 3 aromatic rings. The third-order valence-electron chi connectivity index (χ3n) is 4.46. The van der Waals surface area contributed by atoms with Gasteiger partial charge in [-0.3, -0.25) is 4.79 Å². The number of anilines is 1. The SMILES string of the molecule is CCC(C)C(N)C(=O)Nc1ccc2nc(Cc3ccccc3)oc2c1. The van der Waals surface area contributed by atoms with E-state index in [1.165, 1.54) is 0 Å². The van der Waals surface area contributed by atoms with Crippen LogP contribution in [0.3, 0.4) is 0 Å². The third kappa shape index (κ3) is 4.06. The summed E-state index contributed by atoms with van der Waals surface area (Å²) < 4.78 is 5.83. The average Bonchev–Trinajstić information content (AvgIpc) is 3.02. The molecule has 0 saturated carbocycles. The van der Waals surface area contributed by atoms with Gasteiger partial charge in [0.1, 0.15) is 5.52 Å². The molecule has 0 spiro atoms. The molecule has 1 heterocycles. The zero-order chi connectivity index (χ0) is 17.8. The molecule has 3 rings (SSSR count). The van der Waals surface area contributed by atoms with E-state index in [2.05, 4.69) is 10.3 Å². The molecular formula is C20H23N3O2. The maximum atomic E-state index is 12.2. The number of carbonyl (C=O) groups is 1. The maximum Gasteiger partial charge on any atom is 0.241 e. The molecule has 0 aliphatic carbocycles. The van der Waals surface area contributed by atoms with Crippen molar-refractivity contribution in [3.05, 3.63) is 60.0 Å². The van der Waals surface area contributed by atoms with Crippen LogP contribution in [0.25, 0.3) is 11.1 Å². The van der Waals surface area contributed by atoms with Gasteiger partial charge in [0.2, 0.25) is 5.91 Å². The molecule has 3 N–H and O–H groups in total. The first-order valence-electron chi connectivity index (χ1n) is 8.56. The molecule has 0 bridgehead atoms. The van der Waals surface area contributed by atoms with Crippen LogP contribution in [0.5, 0.6) is 0 Å². The molecule has 130 valence electrons. The number of oxazole rings is 1. The van der Waals surface area contributed by atoms with Crippen molar-refractivity contribution in [1.82, 2.24) is 4.98 Å². The fourth-order valence-corrected chi connectivity index (χ4v) is 2.63. The lowest BCUT2D eigenvalue weighted by atomic mass is 9.99. The second kappa shape index (κ2) is 7.49. The van der Waals surface area contributed by atoms with Gasteiger partial charge in [0.25, 0.3) is 0 Å². The van der Waals surface area contributed by atoms with Crippen molar-refractivity contribution in [2.45, 2.75) is 32.7 Å². The Morgan fingerprint density at radius 2 is 2.00 bits per heavy atom. The number of hydrogen-bond donors (Lipinski definition) is 2. The first kappa shape index (κ1) is 17.2. The summed E-state index contributed by atoms with van der Waals surface area (Å²) in [5.74, 6) is 0.602. The van der Waals surface area contributed by atoms with Crippen LogP contribution >= 0.6 is 0 Å². The molecule has 0 saturated heterocycles. The second-order valence-corrected chi connectivity index (χ2v) is 6.35. The van der Waals surface area contributed by atoms with Crippen molar-refractivity contribution >= 4 is 22.7 Å². The normalized spacial score (nSPS) is 13.6. The summed E-state index contributed by atoms with van der Waals surface area (Å²) in [4.78, 5) is 16.7. The average molecular weight is 337 g/mol. The standard InChI is InChI=1S/C20H23N3O2/c1-3-13(2)19(21)20(24)22-15-9-10-16-17(12-15)25-18(23-16)11-14-7-5-4-6-8-14/h4-10,12-13,19H,3,11,21H2,1-2H3,(H,22,24). The highest BCUT2D eigenvalue weighted by molar-refractivity contribution is 5.96. The Morgan fingerprint density at radius 3 is 2.72 bits per heavy atom. The molecule has 2 aromatic carbocycles. The summed E-state index contributed by atoms with van der Waals surface area (Å²) in [5, 5.41) is 2.86. The molecular weight excluding hydrogens is 314 g/mol. The fourth-order valence-electron chi connectivity index (χ4n) is 2.63. The topological polar surface area (TPSA) is 81.2 Å². The zero-order valence-electron chi connectivity index (χ0n) is 14.5. The molecule has 5 nitrogen and oxygen atoms in total. The Balaban J connectivity index is 1.75. The lowest BCUT2D eigenvalue weighted by Gasteiger charge is -2.17. The van der Waals surface area contributed by atoms with Crippen molar-refractivity contribution in [3.63, 3.8) is 0 Å². The smallest absolute Gasteiger partial charge is 0.241 e. The van der Waals surface area contributed by atoms with Gasteiger partial charge in [-0.25, -0.2) is 4.98 Å². The Hall–Kier alpha value is -2.66. The Morgan fingerprint density at radius 1 is 1.24 bits per heavy atom. The number of rotatable bonds is 6. The number of amides is 1. The largest absolute Gasteiger partial charge is 0.440 e. The second-order valence-electron chi connectivity index (χ2n) is 6.35. The Kier molecular flexibility index (Phi) is 5.14. The van der Waals surface area contributed by atoms with Crippen molar-refractivity contribution in [2.24, 2.45) is 11.7 Å². The van der Waals surface area contributed by atoms with Gasteiger partial charge >= 0.3 is 0 Å². The number of benzene rings is 2. The van der Waals surface area contributed by atoms with Crippen LogP contribution in [0, 0.1) is 5.92 Å². The van der Waals surface area contributed by atoms with Gasteiger partial charge in [-0.1, -0.05) is 50.6 Å². The van der Waals surface area contributed by atoms with E-state index >= 15 is 0 Å². The lowest BCUT2D eigenvalue weighted by molar-refractivity contribution is -0.118. The van der Waals surface area contributed by atoms with Crippen LogP contribution in [0.1, 0.15) is 31.7 Å². The van der Waals surface area contributed by atoms with Crippen molar-refractivity contribution in [3.8, 4) is 0 Å². The van der Waals surface area contributed by atoms with Gasteiger partial charge in [-0.15, -0.1) is 0 Å². The maximum absolute atomic E-state index is 12.2. The lowest BCUT2D eigenvalue weighted by Crippen LogP contribution is -2.40. The van der Waals surface area contributed by atoms with E-state index in [9.17, 15) is 4.79 Å². The van der Waals surface area contributed by atoms with Crippen molar-refractivity contribution in [1.29, 1.82) is 0 Å². The highest BCUT2D eigenvalue weighted by Crippen LogP contribution is 2.22. The summed E-state index contributed by atoms with van der Waals surface area (Å²) in [5.41, 5.74) is 9.21. The minimum atomic E-state index is -0.524. The van der Waals surface area contributed by atoms with Crippen LogP contribution in [0.15, 0.2) is 52.9 Å². The highest BCUT2D eigenvalue weighted by Gasteiger charge is 2.19.